The third-order valence-corrected chi connectivity index (χ3v) is 4.64. The van der Waals surface area contributed by atoms with Gasteiger partial charge in [-0.05, 0) is 50.6 Å². The predicted octanol–water partition coefficient (Wildman–Crippen LogP) is 4.35. The molecule has 3 aromatic rings. The summed E-state index contributed by atoms with van der Waals surface area (Å²) >= 11 is 1.28. The largest absolute Gasteiger partial charge is 0.354 e. The molecule has 0 saturated heterocycles. The summed E-state index contributed by atoms with van der Waals surface area (Å²) in [5.74, 6) is -0.752. The van der Waals surface area contributed by atoms with Crippen molar-refractivity contribution >= 4 is 28.2 Å². The standard InChI is InChI=1S/C18H16FN3O2S/c1-9-15(11(3)23)10(2)20-16(9)17(24)22-18-21-14(8-25-18)12-4-6-13(19)7-5-12/h4-8,20H,1-3H3,(H,21,22,24). The maximum atomic E-state index is 13.0. The number of amides is 1. The van der Waals surface area contributed by atoms with Gasteiger partial charge in [0.1, 0.15) is 11.5 Å². The highest BCUT2D eigenvalue weighted by atomic mass is 32.1. The molecule has 0 aliphatic rings. The van der Waals surface area contributed by atoms with E-state index in [4.69, 9.17) is 0 Å². The van der Waals surface area contributed by atoms with Gasteiger partial charge in [0.05, 0.1) is 5.69 Å². The lowest BCUT2D eigenvalue weighted by Gasteiger charge is -2.01. The molecule has 2 heterocycles. The maximum absolute atomic E-state index is 13.0. The first-order chi connectivity index (χ1) is 11.9. The maximum Gasteiger partial charge on any atom is 0.274 e. The summed E-state index contributed by atoms with van der Waals surface area (Å²) in [7, 11) is 0. The summed E-state index contributed by atoms with van der Waals surface area (Å²) in [6.07, 6.45) is 0. The lowest BCUT2D eigenvalue weighted by molar-refractivity contribution is 0.101. The molecule has 0 fully saturated rings. The number of aromatic amines is 1. The molecule has 3 rings (SSSR count). The quantitative estimate of drug-likeness (QED) is 0.682. The summed E-state index contributed by atoms with van der Waals surface area (Å²) in [4.78, 5) is 31.5. The predicted molar refractivity (Wildman–Crippen MR) is 95.7 cm³/mol. The van der Waals surface area contributed by atoms with E-state index in [2.05, 4.69) is 15.3 Å². The number of hydrogen-bond acceptors (Lipinski definition) is 4. The zero-order valence-electron chi connectivity index (χ0n) is 13.9. The average Bonchev–Trinajstić information content (AvgIpc) is 3.12. The van der Waals surface area contributed by atoms with Crippen LogP contribution in [-0.2, 0) is 0 Å². The molecule has 0 aliphatic carbocycles. The first kappa shape index (κ1) is 17.0. The molecule has 0 radical (unpaired) electrons. The van der Waals surface area contributed by atoms with Crippen LogP contribution >= 0.6 is 11.3 Å². The third kappa shape index (κ3) is 3.36. The number of nitrogens with one attached hydrogen (secondary N) is 2. The molecule has 0 aliphatic heterocycles. The van der Waals surface area contributed by atoms with Gasteiger partial charge in [-0.25, -0.2) is 9.37 Å². The summed E-state index contributed by atoms with van der Waals surface area (Å²) in [5, 5.41) is 4.95. The molecule has 0 spiro atoms. The topological polar surface area (TPSA) is 74.8 Å². The molecule has 0 bridgehead atoms. The number of anilines is 1. The van der Waals surface area contributed by atoms with Crippen LogP contribution in [0.3, 0.4) is 0 Å². The van der Waals surface area contributed by atoms with Crippen molar-refractivity contribution in [3.8, 4) is 11.3 Å². The SMILES string of the molecule is CC(=O)c1c(C)[nH]c(C(=O)Nc2nc(-c3ccc(F)cc3)cs2)c1C. The minimum atomic E-state index is -0.354. The van der Waals surface area contributed by atoms with Crippen molar-refractivity contribution in [1.82, 2.24) is 9.97 Å². The molecule has 5 nitrogen and oxygen atoms in total. The Morgan fingerprint density at radius 1 is 1.20 bits per heavy atom. The van der Waals surface area contributed by atoms with Gasteiger partial charge in [-0.3, -0.25) is 14.9 Å². The Morgan fingerprint density at radius 3 is 2.48 bits per heavy atom. The van der Waals surface area contributed by atoms with Crippen molar-refractivity contribution in [2.75, 3.05) is 5.32 Å². The Morgan fingerprint density at radius 2 is 1.88 bits per heavy atom. The molecule has 0 unspecified atom stereocenters. The van der Waals surface area contributed by atoms with Gasteiger partial charge in [0, 0.05) is 22.2 Å². The fourth-order valence-corrected chi connectivity index (χ4v) is 3.46. The second kappa shape index (κ2) is 6.60. The lowest BCUT2D eigenvalue weighted by atomic mass is 10.1. The molecule has 2 N–H and O–H groups in total. The fraction of sp³-hybridized carbons (Fsp3) is 0.167. The number of benzene rings is 1. The van der Waals surface area contributed by atoms with E-state index in [1.165, 1.54) is 30.4 Å². The van der Waals surface area contributed by atoms with Crippen molar-refractivity contribution in [3.05, 3.63) is 58.0 Å². The molecule has 7 heteroatoms. The second-order valence-corrected chi connectivity index (χ2v) is 6.54. The number of nitrogens with zero attached hydrogens (tertiary/aromatic N) is 1. The number of carbonyl (C=O) groups is 2. The molecule has 2 aromatic heterocycles. The Kier molecular flexibility index (Phi) is 4.50. The summed E-state index contributed by atoms with van der Waals surface area (Å²) in [5.41, 5.74) is 3.60. The van der Waals surface area contributed by atoms with Crippen LogP contribution in [0.25, 0.3) is 11.3 Å². The number of thiazole rings is 1. The van der Waals surface area contributed by atoms with Crippen molar-refractivity contribution < 1.29 is 14.0 Å². The first-order valence-electron chi connectivity index (χ1n) is 7.59. The highest BCUT2D eigenvalue weighted by Gasteiger charge is 2.20. The molecule has 1 amide bonds. The van der Waals surface area contributed by atoms with E-state index in [-0.39, 0.29) is 17.5 Å². The van der Waals surface area contributed by atoms with E-state index in [0.29, 0.717) is 33.3 Å². The number of aryl methyl sites for hydroxylation is 1. The van der Waals surface area contributed by atoms with E-state index < -0.39 is 0 Å². The van der Waals surface area contributed by atoms with Crippen LogP contribution in [0.1, 0.15) is 39.0 Å². The monoisotopic (exact) mass is 357 g/mol. The van der Waals surface area contributed by atoms with Crippen molar-refractivity contribution in [1.29, 1.82) is 0 Å². The van der Waals surface area contributed by atoms with Crippen LogP contribution in [0.5, 0.6) is 0 Å². The smallest absolute Gasteiger partial charge is 0.274 e. The minimum absolute atomic E-state index is 0.0851. The van der Waals surface area contributed by atoms with Crippen molar-refractivity contribution in [2.45, 2.75) is 20.8 Å². The number of hydrogen-bond donors (Lipinski definition) is 2. The number of Topliss-reactive ketones (excluding diaryl/α,β-unsaturated/α-hetero) is 1. The number of aromatic nitrogens is 2. The molecule has 0 atom stereocenters. The average molecular weight is 357 g/mol. The van der Waals surface area contributed by atoms with Crippen LogP contribution in [0.2, 0.25) is 0 Å². The third-order valence-electron chi connectivity index (χ3n) is 3.88. The summed E-state index contributed by atoms with van der Waals surface area (Å²) in [6.45, 7) is 4.97. The normalized spacial score (nSPS) is 10.7. The first-order valence-corrected chi connectivity index (χ1v) is 8.47. The zero-order valence-corrected chi connectivity index (χ0v) is 14.8. The van der Waals surface area contributed by atoms with Crippen LogP contribution in [0, 0.1) is 19.7 Å². The number of carbonyl (C=O) groups excluding carboxylic acids is 2. The van der Waals surface area contributed by atoms with Crippen molar-refractivity contribution in [2.24, 2.45) is 0 Å². The van der Waals surface area contributed by atoms with Crippen molar-refractivity contribution in [3.63, 3.8) is 0 Å². The molecular formula is C18H16FN3O2S. The van der Waals surface area contributed by atoms with E-state index in [1.807, 2.05) is 0 Å². The number of H-pyrrole nitrogens is 1. The fourth-order valence-electron chi connectivity index (χ4n) is 2.75. The van der Waals surface area contributed by atoms with Crippen LogP contribution in [-0.4, -0.2) is 21.7 Å². The lowest BCUT2D eigenvalue weighted by Crippen LogP contribution is -2.13. The van der Waals surface area contributed by atoms with E-state index in [0.717, 1.165) is 5.56 Å². The molecule has 128 valence electrons. The van der Waals surface area contributed by atoms with E-state index in [1.54, 1.807) is 31.4 Å². The van der Waals surface area contributed by atoms with Gasteiger partial charge in [-0.15, -0.1) is 11.3 Å². The second-order valence-electron chi connectivity index (χ2n) is 5.68. The molecule has 0 saturated carbocycles. The summed E-state index contributed by atoms with van der Waals surface area (Å²) in [6, 6.07) is 5.99. The highest BCUT2D eigenvalue weighted by Crippen LogP contribution is 2.26. The number of ketones is 1. The van der Waals surface area contributed by atoms with Gasteiger partial charge in [-0.2, -0.15) is 0 Å². The molecule has 1 aromatic carbocycles. The van der Waals surface area contributed by atoms with Gasteiger partial charge in [0.15, 0.2) is 10.9 Å². The zero-order chi connectivity index (χ0) is 18.1. The number of halogens is 1. The molecular weight excluding hydrogens is 341 g/mol. The van der Waals surface area contributed by atoms with Gasteiger partial charge in [-0.1, -0.05) is 0 Å². The minimum Gasteiger partial charge on any atom is -0.354 e. The molecule has 25 heavy (non-hydrogen) atoms. The Labute approximate surface area is 147 Å². The Balaban J connectivity index is 1.82. The number of rotatable bonds is 4. The van der Waals surface area contributed by atoms with E-state index in [9.17, 15) is 14.0 Å². The van der Waals surface area contributed by atoms with Crippen LogP contribution < -0.4 is 5.32 Å². The van der Waals surface area contributed by atoms with Gasteiger partial charge >= 0.3 is 0 Å². The van der Waals surface area contributed by atoms with Crippen LogP contribution in [0.4, 0.5) is 9.52 Å². The van der Waals surface area contributed by atoms with Crippen LogP contribution in [0.15, 0.2) is 29.6 Å². The Hall–Kier alpha value is -2.80. The van der Waals surface area contributed by atoms with E-state index >= 15 is 0 Å². The van der Waals surface area contributed by atoms with Gasteiger partial charge in [0.2, 0.25) is 0 Å². The van der Waals surface area contributed by atoms with Gasteiger partial charge < -0.3 is 4.98 Å². The van der Waals surface area contributed by atoms with Gasteiger partial charge in [0.25, 0.3) is 5.91 Å². The highest BCUT2D eigenvalue weighted by molar-refractivity contribution is 7.14. The Bertz CT molecular complexity index is 957. The summed E-state index contributed by atoms with van der Waals surface area (Å²) < 4.78 is 13.0.